The van der Waals surface area contributed by atoms with Gasteiger partial charge in [-0.15, -0.1) is 0 Å². The van der Waals surface area contributed by atoms with Gasteiger partial charge in [0.1, 0.15) is 5.75 Å². The van der Waals surface area contributed by atoms with E-state index < -0.39 is 0 Å². The predicted octanol–water partition coefficient (Wildman–Crippen LogP) is 3.64. The van der Waals surface area contributed by atoms with Crippen molar-refractivity contribution in [3.8, 4) is 5.75 Å². The normalized spacial score (nSPS) is 9.92. The number of hydrogen-bond acceptors (Lipinski definition) is 3. The van der Waals surface area contributed by atoms with E-state index in [1.165, 1.54) is 0 Å². The van der Waals surface area contributed by atoms with Gasteiger partial charge in [-0.3, -0.25) is 4.79 Å². The topological polar surface area (TPSA) is 62.4 Å². The Labute approximate surface area is 147 Å². The number of carbonyl (C=O) groups excluding carboxylic acids is 1. The first kappa shape index (κ1) is 17.7. The number of hydrogen-bond donors (Lipinski definition) is 3. The van der Waals surface area contributed by atoms with Gasteiger partial charge < -0.3 is 20.7 Å². The van der Waals surface area contributed by atoms with Crippen molar-refractivity contribution in [2.45, 2.75) is 13.3 Å². The van der Waals surface area contributed by atoms with Gasteiger partial charge in [0.2, 0.25) is 0 Å². The number of anilines is 2. The molecule has 0 unspecified atom stereocenters. The number of methoxy groups -OCH3 is 1. The summed E-state index contributed by atoms with van der Waals surface area (Å²) in [5.74, 6) is 0.578. The van der Waals surface area contributed by atoms with E-state index in [2.05, 4.69) is 22.9 Å². The number of benzene rings is 2. The zero-order valence-corrected chi connectivity index (χ0v) is 14.6. The van der Waals surface area contributed by atoms with Crippen molar-refractivity contribution >= 4 is 34.6 Å². The van der Waals surface area contributed by atoms with E-state index in [-0.39, 0.29) is 5.91 Å². The SMILES string of the molecule is CCCNC(=S)Nc1ccc(C(=O)Nc2ccc(OC)cc2)cc1. The molecule has 126 valence electrons. The Morgan fingerprint density at radius 2 is 1.58 bits per heavy atom. The molecule has 0 aliphatic heterocycles. The highest BCUT2D eigenvalue weighted by Gasteiger charge is 2.06. The Morgan fingerprint density at radius 1 is 1.00 bits per heavy atom. The first-order chi connectivity index (χ1) is 11.6. The summed E-state index contributed by atoms with van der Waals surface area (Å²) in [6.07, 6.45) is 1.01. The molecule has 0 aliphatic carbocycles. The lowest BCUT2D eigenvalue weighted by Gasteiger charge is -2.10. The van der Waals surface area contributed by atoms with Gasteiger partial charge in [0, 0.05) is 23.5 Å². The maximum Gasteiger partial charge on any atom is 0.255 e. The van der Waals surface area contributed by atoms with Crippen molar-refractivity contribution < 1.29 is 9.53 Å². The largest absolute Gasteiger partial charge is 0.497 e. The summed E-state index contributed by atoms with van der Waals surface area (Å²) in [6.45, 7) is 2.90. The number of amides is 1. The lowest BCUT2D eigenvalue weighted by molar-refractivity contribution is 0.102. The summed E-state index contributed by atoms with van der Waals surface area (Å²) >= 11 is 5.18. The van der Waals surface area contributed by atoms with Crippen LogP contribution < -0.4 is 20.7 Å². The summed E-state index contributed by atoms with van der Waals surface area (Å²) < 4.78 is 5.09. The third-order valence-corrected chi connectivity index (χ3v) is 3.53. The molecule has 0 radical (unpaired) electrons. The van der Waals surface area contributed by atoms with Crippen LogP contribution in [0.5, 0.6) is 5.75 Å². The zero-order chi connectivity index (χ0) is 17.4. The minimum Gasteiger partial charge on any atom is -0.497 e. The fourth-order valence-corrected chi connectivity index (χ4v) is 2.22. The van der Waals surface area contributed by atoms with Crippen molar-refractivity contribution in [1.29, 1.82) is 0 Å². The lowest BCUT2D eigenvalue weighted by atomic mass is 10.2. The molecule has 0 atom stereocenters. The van der Waals surface area contributed by atoms with Gasteiger partial charge in [-0.2, -0.15) is 0 Å². The van der Waals surface area contributed by atoms with E-state index in [0.29, 0.717) is 16.4 Å². The second kappa shape index (κ2) is 8.88. The van der Waals surface area contributed by atoms with Crippen LogP contribution in [0.1, 0.15) is 23.7 Å². The van der Waals surface area contributed by atoms with E-state index in [9.17, 15) is 4.79 Å². The van der Waals surface area contributed by atoms with Crippen LogP contribution in [0.2, 0.25) is 0 Å². The van der Waals surface area contributed by atoms with E-state index >= 15 is 0 Å². The second-order valence-electron chi connectivity index (χ2n) is 5.14. The molecule has 1 amide bonds. The molecule has 0 spiro atoms. The number of rotatable bonds is 6. The van der Waals surface area contributed by atoms with Crippen LogP contribution in [-0.2, 0) is 0 Å². The molecule has 24 heavy (non-hydrogen) atoms. The molecule has 5 nitrogen and oxygen atoms in total. The molecule has 3 N–H and O–H groups in total. The maximum atomic E-state index is 12.2. The Balaban J connectivity index is 1.93. The smallest absolute Gasteiger partial charge is 0.255 e. The summed E-state index contributed by atoms with van der Waals surface area (Å²) in [6, 6.07) is 14.3. The number of ether oxygens (including phenoxy) is 1. The highest BCUT2D eigenvalue weighted by molar-refractivity contribution is 7.80. The molecule has 2 aromatic rings. The molecule has 2 rings (SSSR count). The maximum absolute atomic E-state index is 12.2. The van der Waals surface area contributed by atoms with Crippen molar-refractivity contribution in [2.75, 3.05) is 24.3 Å². The molecular weight excluding hydrogens is 322 g/mol. The van der Waals surface area contributed by atoms with Crippen molar-refractivity contribution in [1.82, 2.24) is 5.32 Å². The lowest BCUT2D eigenvalue weighted by Crippen LogP contribution is -2.28. The molecule has 0 fully saturated rings. The van der Waals surface area contributed by atoms with Crippen LogP contribution in [0.25, 0.3) is 0 Å². The van der Waals surface area contributed by atoms with E-state index in [1.54, 1.807) is 43.5 Å². The second-order valence-corrected chi connectivity index (χ2v) is 5.55. The van der Waals surface area contributed by atoms with Crippen LogP contribution in [-0.4, -0.2) is 24.7 Å². The van der Waals surface area contributed by atoms with Crippen LogP contribution in [0, 0.1) is 0 Å². The highest BCUT2D eigenvalue weighted by Crippen LogP contribution is 2.16. The summed E-state index contributed by atoms with van der Waals surface area (Å²) in [7, 11) is 1.60. The third-order valence-electron chi connectivity index (χ3n) is 3.29. The summed E-state index contributed by atoms with van der Waals surface area (Å²) in [4.78, 5) is 12.2. The fraction of sp³-hybridized carbons (Fsp3) is 0.222. The van der Waals surface area contributed by atoms with Gasteiger partial charge in [-0.1, -0.05) is 6.92 Å². The van der Waals surface area contributed by atoms with Gasteiger partial charge in [0.05, 0.1) is 7.11 Å². The van der Waals surface area contributed by atoms with E-state index in [1.807, 2.05) is 12.1 Å². The van der Waals surface area contributed by atoms with E-state index in [4.69, 9.17) is 17.0 Å². The van der Waals surface area contributed by atoms with Gasteiger partial charge in [0.25, 0.3) is 5.91 Å². The van der Waals surface area contributed by atoms with Gasteiger partial charge >= 0.3 is 0 Å². The molecule has 0 saturated heterocycles. The van der Waals surface area contributed by atoms with Crippen LogP contribution >= 0.6 is 12.2 Å². The first-order valence-corrected chi connectivity index (χ1v) is 8.13. The summed E-state index contributed by atoms with van der Waals surface area (Å²) in [5, 5.41) is 9.59. The van der Waals surface area contributed by atoms with Crippen molar-refractivity contribution in [2.24, 2.45) is 0 Å². The van der Waals surface area contributed by atoms with Crippen LogP contribution in [0.15, 0.2) is 48.5 Å². The van der Waals surface area contributed by atoms with Crippen molar-refractivity contribution in [3.63, 3.8) is 0 Å². The number of nitrogens with one attached hydrogen (secondary N) is 3. The molecule has 0 bridgehead atoms. The van der Waals surface area contributed by atoms with Gasteiger partial charge in [-0.25, -0.2) is 0 Å². The molecule has 6 heteroatoms. The Hall–Kier alpha value is -2.60. The Morgan fingerprint density at radius 3 is 2.17 bits per heavy atom. The minimum absolute atomic E-state index is 0.168. The quantitative estimate of drug-likeness (QED) is 0.699. The standard InChI is InChI=1S/C18H21N3O2S/c1-3-12-19-18(24)21-15-6-4-13(5-7-15)17(22)20-14-8-10-16(23-2)11-9-14/h4-11H,3,12H2,1-2H3,(H,20,22)(H2,19,21,24). The molecule has 0 aromatic heterocycles. The zero-order valence-electron chi connectivity index (χ0n) is 13.8. The van der Waals surface area contributed by atoms with Gasteiger partial charge in [-0.05, 0) is 67.2 Å². The predicted molar refractivity (Wildman–Crippen MR) is 102 cm³/mol. The molecular formula is C18H21N3O2S. The minimum atomic E-state index is -0.168. The third kappa shape index (κ3) is 5.24. The highest BCUT2D eigenvalue weighted by atomic mass is 32.1. The molecule has 0 aliphatic rings. The average Bonchev–Trinajstić information content (AvgIpc) is 2.61. The van der Waals surface area contributed by atoms with Crippen LogP contribution in [0.3, 0.4) is 0 Å². The fourth-order valence-electron chi connectivity index (χ4n) is 2.00. The Kier molecular flexibility index (Phi) is 6.57. The van der Waals surface area contributed by atoms with Crippen molar-refractivity contribution in [3.05, 3.63) is 54.1 Å². The number of carbonyl (C=O) groups is 1. The molecule has 0 heterocycles. The van der Waals surface area contributed by atoms with Gasteiger partial charge in [0.15, 0.2) is 5.11 Å². The van der Waals surface area contributed by atoms with Crippen LogP contribution in [0.4, 0.5) is 11.4 Å². The van der Waals surface area contributed by atoms with E-state index in [0.717, 1.165) is 24.4 Å². The monoisotopic (exact) mass is 343 g/mol. The first-order valence-electron chi connectivity index (χ1n) is 7.72. The Bertz CT molecular complexity index is 684. The molecule has 2 aromatic carbocycles. The summed E-state index contributed by atoms with van der Waals surface area (Å²) in [5.41, 5.74) is 2.13. The number of thiocarbonyl (C=S) groups is 1. The molecule has 0 saturated carbocycles. The average molecular weight is 343 g/mol.